The molecule has 0 unspecified atom stereocenters. The van der Waals surface area contributed by atoms with E-state index < -0.39 is 6.85 Å². The second-order valence-electron chi connectivity index (χ2n) is 20.7. The van der Waals surface area contributed by atoms with Gasteiger partial charge < -0.3 is 13.3 Å². The van der Waals surface area contributed by atoms with Gasteiger partial charge in [-0.15, -0.1) is 0 Å². The monoisotopic (exact) mass is 1000 g/mol. The van der Waals surface area contributed by atoms with Crippen LogP contribution in [0.2, 0.25) is 0 Å². The van der Waals surface area contributed by atoms with Gasteiger partial charge in [0.25, 0.3) is 0 Å². The molecule has 15 rings (SSSR count). The Bertz CT molecular complexity index is 4990. The normalized spacial score (nSPS) is 12.4. The maximum Gasteiger partial charge on any atom is 0.213 e. The van der Waals surface area contributed by atoms with Crippen molar-refractivity contribution in [3.8, 4) is 33.8 Å². The molecule has 0 aliphatic carbocycles. The summed E-state index contributed by atoms with van der Waals surface area (Å²) in [5.41, 5.74) is 17.5. The lowest BCUT2D eigenvalue weighted by atomic mass is 10.00. The van der Waals surface area contributed by atoms with Crippen molar-refractivity contribution in [2.75, 3.05) is 0 Å². The van der Waals surface area contributed by atoms with Gasteiger partial charge in [-0.2, -0.15) is 13.7 Å². The van der Waals surface area contributed by atoms with E-state index in [0.717, 1.165) is 71.9 Å². The average Bonchev–Trinajstić information content (AvgIpc) is 4.13. The molecule has 0 spiro atoms. The Labute approximate surface area is 451 Å². The summed E-state index contributed by atoms with van der Waals surface area (Å²) in [5, 5.41) is 14.1. The Morgan fingerprint density at radius 2 is 0.727 bits per heavy atom. The fourth-order valence-corrected chi connectivity index (χ4v) is 11.4. The molecular formula is C71H58N3O3+3. The van der Waals surface area contributed by atoms with Crippen molar-refractivity contribution in [1.29, 1.82) is 0 Å². The van der Waals surface area contributed by atoms with Crippen LogP contribution < -0.4 is 13.7 Å². The van der Waals surface area contributed by atoms with Gasteiger partial charge >= 0.3 is 0 Å². The molecule has 0 atom stereocenters. The molecule has 6 heteroatoms. The molecule has 0 aliphatic rings. The lowest BCUT2D eigenvalue weighted by molar-refractivity contribution is -0.659. The van der Waals surface area contributed by atoms with E-state index in [9.17, 15) is 0 Å². The van der Waals surface area contributed by atoms with Crippen LogP contribution in [0, 0.1) is 34.5 Å². The number of aromatic nitrogens is 3. The number of benzene rings is 9. The number of aryl methyl sites for hydroxylation is 8. The average molecular weight is 1000 g/mol. The Morgan fingerprint density at radius 1 is 0.312 bits per heavy atom. The van der Waals surface area contributed by atoms with Crippen molar-refractivity contribution in [2.24, 2.45) is 21.1 Å². The molecule has 0 amide bonds. The van der Waals surface area contributed by atoms with Crippen molar-refractivity contribution in [3.05, 3.63) is 234 Å². The minimum atomic E-state index is -2.10. The molecule has 0 N–H and O–H groups in total. The Morgan fingerprint density at radius 3 is 1.26 bits per heavy atom. The second-order valence-corrected chi connectivity index (χ2v) is 20.7. The van der Waals surface area contributed by atoms with Gasteiger partial charge in [-0.05, 0) is 132 Å². The van der Waals surface area contributed by atoms with Gasteiger partial charge in [-0.3, -0.25) is 0 Å². The first kappa shape index (κ1) is 44.0. The van der Waals surface area contributed by atoms with Crippen LogP contribution in [0.3, 0.4) is 0 Å². The molecule has 0 saturated heterocycles. The summed E-state index contributed by atoms with van der Waals surface area (Å²) in [7, 11) is 6.14. The predicted octanol–water partition coefficient (Wildman–Crippen LogP) is 17.2. The molecule has 0 fully saturated rings. The number of fused-ring (bicyclic) bond motifs is 13. The molecule has 15 aromatic rings. The second kappa shape index (κ2) is 18.8. The lowest BCUT2D eigenvalue weighted by Crippen LogP contribution is -2.30. The van der Waals surface area contributed by atoms with Gasteiger partial charge in [0.05, 0.1) is 0 Å². The van der Waals surface area contributed by atoms with Gasteiger partial charge in [0, 0.05) is 71.3 Å². The zero-order chi connectivity index (χ0) is 55.1. The van der Waals surface area contributed by atoms with Crippen LogP contribution in [0.25, 0.3) is 132 Å². The maximum absolute atomic E-state index is 7.66. The first-order chi connectivity index (χ1) is 38.6. The van der Waals surface area contributed by atoms with Gasteiger partial charge in [0.15, 0.2) is 16.7 Å². The van der Waals surface area contributed by atoms with E-state index in [1.54, 1.807) is 12.1 Å². The highest BCUT2D eigenvalue weighted by Gasteiger charge is 2.22. The molecule has 9 aromatic carbocycles. The van der Waals surface area contributed by atoms with Crippen molar-refractivity contribution < 1.29 is 31.1 Å². The largest absolute Gasteiger partial charge is 0.450 e. The van der Waals surface area contributed by atoms with E-state index in [-0.39, 0.29) is 0 Å². The molecule has 6 nitrogen and oxygen atoms in total. The lowest BCUT2D eigenvalue weighted by Gasteiger charge is -2.06. The number of hydrogen-bond acceptors (Lipinski definition) is 3. The minimum absolute atomic E-state index is 0.363. The molecule has 0 radical (unpaired) electrons. The van der Waals surface area contributed by atoms with Crippen LogP contribution in [0.5, 0.6) is 0 Å². The number of rotatable bonds is 3. The van der Waals surface area contributed by atoms with Crippen LogP contribution in [0.15, 0.2) is 220 Å². The third kappa shape index (κ3) is 8.43. The van der Waals surface area contributed by atoms with E-state index in [0.29, 0.717) is 5.56 Å². The van der Waals surface area contributed by atoms with E-state index >= 15 is 0 Å². The van der Waals surface area contributed by atoms with E-state index in [4.69, 9.17) is 17.4 Å². The number of pyridine rings is 3. The summed E-state index contributed by atoms with van der Waals surface area (Å²) >= 11 is 0. The smallest absolute Gasteiger partial charge is 0.213 e. The van der Waals surface area contributed by atoms with E-state index in [1.807, 2.05) is 49.0 Å². The van der Waals surface area contributed by atoms with Crippen molar-refractivity contribution in [1.82, 2.24) is 0 Å². The minimum Gasteiger partial charge on any atom is -0.450 e. The Hall–Kier alpha value is -9.39. The van der Waals surface area contributed by atoms with Crippen LogP contribution >= 0.6 is 0 Å². The quantitative estimate of drug-likeness (QED) is 0.166. The summed E-state index contributed by atoms with van der Waals surface area (Å²) in [4.78, 5) is 0. The zero-order valence-corrected chi connectivity index (χ0v) is 44.2. The zero-order valence-electron chi connectivity index (χ0n) is 47.2. The standard InChI is InChI=1S/2C24H20NO.C23H18NO/c1-15-8-10-18(16(2)12-15)21-13-20-23(14-25(21)3)26-22-11-9-17-6-4-5-7-19(17)24(20)22;1-15-8-9-19(16(2)10-15)22-13-21-20-11-17-6-4-5-7-18(17)12-23(20)26-24(21)14-25(22)3;1-15-7-3-6-10-18(15)21-13-20-19-11-16-8-4-5-9-17(16)12-22(19)25-23(20)14-24(21)2/h2*4-14H,1-3H3;3-14H,1-2H3/q3*+1/i1D3;;. The van der Waals surface area contributed by atoms with Gasteiger partial charge in [-0.1, -0.05) is 132 Å². The molecule has 372 valence electrons. The van der Waals surface area contributed by atoms with E-state index in [2.05, 4.69) is 208 Å². The number of hydrogen-bond donors (Lipinski definition) is 0. The Balaban J connectivity index is 0.000000114. The predicted molar refractivity (Wildman–Crippen MR) is 317 cm³/mol. The third-order valence-electron chi connectivity index (χ3n) is 15.4. The first-order valence-electron chi connectivity index (χ1n) is 27.6. The highest BCUT2D eigenvalue weighted by atomic mass is 16.3. The van der Waals surface area contributed by atoms with Crippen molar-refractivity contribution in [2.45, 2.75) is 34.5 Å². The highest BCUT2D eigenvalue weighted by molar-refractivity contribution is 6.19. The van der Waals surface area contributed by atoms with Crippen molar-refractivity contribution >= 4 is 98.1 Å². The molecule has 6 heterocycles. The topological polar surface area (TPSA) is 51.1 Å². The van der Waals surface area contributed by atoms with Crippen LogP contribution in [0.1, 0.15) is 31.9 Å². The maximum atomic E-state index is 7.66. The van der Waals surface area contributed by atoms with Crippen LogP contribution in [-0.2, 0) is 21.1 Å². The molecule has 0 bridgehead atoms. The summed E-state index contributed by atoms with van der Waals surface area (Å²) in [6.07, 6.45) is 6.17. The highest BCUT2D eigenvalue weighted by Crippen LogP contribution is 2.38. The summed E-state index contributed by atoms with van der Waals surface area (Å²) in [6.45, 7) is 6.31. The fourth-order valence-electron chi connectivity index (χ4n) is 11.4. The van der Waals surface area contributed by atoms with Crippen LogP contribution in [0.4, 0.5) is 0 Å². The van der Waals surface area contributed by atoms with E-state index in [1.165, 1.54) is 82.3 Å². The van der Waals surface area contributed by atoms with Crippen molar-refractivity contribution in [3.63, 3.8) is 0 Å². The van der Waals surface area contributed by atoms with Gasteiger partial charge in [-0.25, -0.2) is 0 Å². The summed E-state index contributed by atoms with van der Waals surface area (Å²) in [5.74, 6) is 0. The molecule has 0 aliphatic heterocycles. The van der Waals surface area contributed by atoms with Gasteiger partial charge in [0.1, 0.15) is 37.9 Å². The van der Waals surface area contributed by atoms with Crippen LogP contribution in [-0.4, -0.2) is 0 Å². The molecule has 6 aromatic heterocycles. The number of furan rings is 3. The molecule has 77 heavy (non-hydrogen) atoms. The molecule has 0 saturated carbocycles. The first-order valence-corrected chi connectivity index (χ1v) is 26.1. The summed E-state index contributed by atoms with van der Waals surface area (Å²) in [6, 6.07) is 65.1. The van der Waals surface area contributed by atoms with Gasteiger partial charge in [0.2, 0.25) is 35.7 Å². The number of nitrogens with zero attached hydrogens (tertiary/aromatic N) is 3. The third-order valence-corrected chi connectivity index (χ3v) is 15.4. The SMILES string of the molecule is Cc1ccc(-c2cc3c(c[n+]2C)oc2cc4ccccc4cc23)c(C)c1.Cc1ccccc1-c1cc2c(c[n+]1C)oc1cc3ccccc3cc12.[2H]C([2H])([2H])c1ccc(-c2cc3c(c[n+]2C)oc2ccc4ccccc4c23)c(C)c1. The fraction of sp³-hybridized carbons (Fsp3) is 0.113. The Kier molecular flexibility index (Phi) is 10.7. The summed E-state index contributed by atoms with van der Waals surface area (Å²) < 4.78 is 47.7. The molecular weight excluding hydrogens is 943 g/mol.